The molecule has 1 fully saturated rings. The molecule has 4 N–H and O–H groups in total. The van der Waals surface area contributed by atoms with Gasteiger partial charge in [0.25, 0.3) is 0 Å². The topological polar surface area (TPSA) is 120 Å². The highest BCUT2D eigenvalue weighted by atomic mass is 16.3. The lowest BCUT2D eigenvalue weighted by molar-refractivity contribution is 0.529. The molecule has 5 rings (SSSR count). The summed E-state index contributed by atoms with van der Waals surface area (Å²) < 4.78 is 7.61. The van der Waals surface area contributed by atoms with Crippen LogP contribution in [-0.4, -0.2) is 37.1 Å². The van der Waals surface area contributed by atoms with Crippen LogP contribution in [0.5, 0.6) is 0 Å². The molecule has 0 aliphatic heterocycles. The highest BCUT2D eigenvalue weighted by Crippen LogP contribution is 2.33. The lowest BCUT2D eigenvalue weighted by Gasteiger charge is -2.14. The smallest absolute Gasteiger partial charge is 0.226 e. The molecular formula is C23H28N8O. The van der Waals surface area contributed by atoms with E-state index in [-0.39, 0.29) is 6.04 Å². The van der Waals surface area contributed by atoms with Crippen LogP contribution in [0.3, 0.4) is 0 Å². The van der Waals surface area contributed by atoms with E-state index in [0.29, 0.717) is 30.9 Å². The quantitative estimate of drug-likeness (QED) is 0.383. The van der Waals surface area contributed by atoms with E-state index in [9.17, 15) is 0 Å². The van der Waals surface area contributed by atoms with Gasteiger partial charge in [-0.25, -0.2) is 4.98 Å². The van der Waals surface area contributed by atoms with Gasteiger partial charge in [-0.05, 0) is 43.5 Å². The first-order valence-corrected chi connectivity index (χ1v) is 11.1. The van der Waals surface area contributed by atoms with Crippen LogP contribution in [0.4, 0.5) is 11.8 Å². The van der Waals surface area contributed by atoms with Crippen molar-refractivity contribution in [2.24, 2.45) is 5.73 Å². The molecule has 1 saturated carbocycles. The number of rotatable bonds is 8. The average molecular weight is 433 g/mol. The molecule has 4 heterocycles. The fourth-order valence-corrected chi connectivity index (χ4v) is 4.11. The molecular weight excluding hydrogens is 404 g/mol. The first-order valence-electron chi connectivity index (χ1n) is 11.1. The van der Waals surface area contributed by atoms with Gasteiger partial charge < -0.3 is 25.4 Å². The van der Waals surface area contributed by atoms with Crippen LogP contribution in [0.15, 0.2) is 47.5 Å². The summed E-state index contributed by atoms with van der Waals surface area (Å²) in [5, 5.41) is 6.68. The Morgan fingerprint density at radius 1 is 1.16 bits per heavy atom. The van der Waals surface area contributed by atoms with Crippen LogP contribution in [0, 0.1) is 0 Å². The van der Waals surface area contributed by atoms with Gasteiger partial charge in [-0.2, -0.15) is 9.97 Å². The van der Waals surface area contributed by atoms with Gasteiger partial charge in [-0.15, -0.1) is 0 Å². The second-order valence-electron chi connectivity index (χ2n) is 8.40. The third kappa shape index (κ3) is 4.29. The lowest BCUT2D eigenvalue weighted by atomic mass is 10.2. The summed E-state index contributed by atoms with van der Waals surface area (Å²) in [6.07, 6.45) is 10.2. The Kier molecular flexibility index (Phi) is 5.72. The molecule has 9 heteroatoms. The van der Waals surface area contributed by atoms with E-state index in [1.807, 2.05) is 43.7 Å². The molecule has 0 radical (unpaired) electrons. The predicted octanol–water partition coefficient (Wildman–Crippen LogP) is 3.97. The minimum Gasteiger partial charge on any atom is -0.463 e. The molecule has 1 atom stereocenters. The maximum atomic E-state index is 5.92. The van der Waals surface area contributed by atoms with Crippen LogP contribution in [0.2, 0.25) is 0 Å². The van der Waals surface area contributed by atoms with Crippen molar-refractivity contribution in [3.05, 3.63) is 48.6 Å². The number of imidazole rings is 1. The number of hydrogen-bond donors (Lipinski definition) is 3. The maximum Gasteiger partial charge on any atom is 0.226 e. The normalized spacial score (nSPS) is 15.3. The molecule has 0 saturated heterocycles. The molecule has 9 nitrogen and oxygen atoms in total. The van der Waals surface area contributed by atoms with Gasteiger partial charge in [-0.1, -0.05) is 18.9 Å². The van der Waals surface area contributed by atoms with E-state index >= 15 is 0 Å². The zero-order chi connectivity index (χ0) is 21.9. The Morgan fingerprint density at radius 2 is 2.03 bits per heavy atom. The van der Waals surface area contributed by atoms with Gasteiger partial charge in [0.2, 0.25) is 5.95 Å². The molecule has 4 aromatic heterocycles. The van der Waals surface area contributed by atoms with Crippen molar-refractivity contribution in [2.45, 2.75) is 51.2 Å². The first-order chi connectivity index (χ1) is 15.7. The zero-order valence-electron chi connectivity index (χ0n) is 18.2. The van der Waals surface area contributed by atoms with Crippen molar-refractivity contribution in [1.29, 1.82) is 0 Å². The Morgan fingerprint density at radius 3 is 2.75 bits per heavy atom. The molecule has 1 unspecified atom stereocenters. The number of hydrogen-bond acceptors (Lipinski definition) is 8. The molecule has 0 bridgehead atoms. The van der Waals surface area contributed by atoms with Gasteiger partial charge in [0.05, 0.1) is 12.6 Å². The number of nitrogens with one attached hydrogen (secondary N) is 2. The Bertz CT molecular complexity index is 1160. The second kappa shape index (κ2) is 8.96. The number of aromatic nitrogens is 5. The summed E-state index contributed by atoms with van der Waals surface area (Å²) in [7, 11) is 0. The van der Waals surface area contributed by atoms with Gasteiger partial charge in [0.15, 0.2) is 22.7 Å². The molecule has 1 aliphatic carbocycles. The summed E-state index contributed by atoms with van der Waals surface area (Å²) >= 11 is 0. The third-order valence-corrected chi connectivity index (χ3v) is 5.78. The van der Waals surface area contributed by atoms with Crippen molar-refractivity contribution in [3.8, 4) is 11.5 Å². The Balaban J connectivity index is 1.40. The van der Waals surface area contributed by atoms with Gasteiger partial charge in [0.1, 0.15) is 5.69 Å². The highest BCUT2D eigenvalue weighted by Gasteiger charge is 2.22. The number of nitrogens with two attached hydrogens (primary N) is 1. The molecule has 4 aromatic rings. The second-order valence-corrected chi connectivity index (χ2v) is 8.40. The fourth-order valence-electron chi connectivity index (χ4n) is 4.11. The summed E-state index contributed by atoms with van der Waals surface area (Å²) in [4.78, 5) is 18.6. The van der Waals surface area contributed by atoms with Crippen LogP contribution in [0.25, 0.3) is 22.6 Å². The highest BCUT2D eigenvalue weighted by molar-refractivity contribution is 5.84. The van der Waals surface area contributed by atoms with Crippen molar-refractivity contribution in [2.75, 3.05) is 17.2 Å². The molecule has 0 amide bonds. The third-order valence-electron chi connectivity index (χ3n) is 5.78. The minimum absolute atomic E-state index is 0.00389. The summed E-state index contributed by atoms with van der Waals surface area (Å²) in [5.74, 6) is 2.02. The Labute approximate surface area is 186 Å². The monoisotopic (exact) mass is 432 g/mol. The van der Waals surface area contributed by atoms with Crippen molar-refractivity contribution < 1.29 is 4.42 Å². The fraction of sp³-hybridized carbons (Fsp3) is 0.391. The van der Waals surface area contributed by atoms with E-state index in [1.54, 1.807) is 6.26 Å². The summed E-state index contributed by atoms with van der Waals surface area (Å²) in [5.41, 5.74) is 9.39. The maximum absolute atomic E-state index is 5.92. The number of pyridine rings is 1. The number of nitrogens with zero attached hydrogens (tertiary/aromatic N) is 5. The number of fused-ring (bicyclic) bond motifs is 1. The molecule has 32 heavy (non-hydrogen) atoms. The van der Waals surface area contributed by atoms with Gasteiger partial charge in [0, 0.05) is 31.4 Å². The SMILES string of the molecule is CC(N)CNc1nc(NCc2ccc(-c3ccco3)nc2)c2ncn(C3CCCC3)c2n1. The molecule has 0 aromatic carbocycles. The standard InChI is InChI=1S/C23H28N8O/c1-15(24)11-27-23-29-21(20-22(30-23)31(14-28-20)17-5-2-3-6-17)26-13-16-8-9-18(25-12-16)19-7-4-10-32-19/h4,7-10,12,14-15,17H,2-3,5-6,11,13,24H2,1H3,(H2,26,27,29,30). The molecule has 166 valence electrons. The van der Waals surface area contributed by atoms with Crippen molar-refractivity contribution >= 4 is 22.9 Å². The lowest BCUT2D eigenvalue weighted by Crippen LogP contribution is -2.26. The van der Waals surface area contributed by atoms with Crippen LogP contribution in [0.1, 0.15) is 44.2 Å². The van der Waals surface area contributed by atoms with Gasteiger partial charge in [-0.3, -0.25) is 4.98 Å². The largest absolute Gasteiger partial charge is 0.463 e. The van der Waals surface area contributed by atoms with E-state index in [0.717, 1.165) is 41.0 Å². The summed E-state index contributed by atoms with van der Waals surface area (Å²) in [6, 6.07) is 8.19. The van der Waals surface area contributed by atoms with Crippen LogP contribution in [-0.2, 0) is 6.54 Å². The number of anilines is 2. The minimum atomic E-state index is 0.00389. The number of furan rings is 1. The average Bonchev–Trinajstić information content (AvgIpc) is 3.57. The zero-order valence-corrected chi connectivity index (χ0v) is 18.2. The van der Waals surface area contributed by atoms with E-state index in [2.05, 4.69) is 30.2 Å². The van der Waals surface area contributed by atoms with Crippen molar-refractivity contribution in [3.63, 3.8) is 0 Å². The first kappa shape index (κ1) is 20.4. The van der Waals surface area contributed by atoms with Crippen LogP contribution >= 0.6 is 0 Å². The molecule has 1 aliphatic rings. The predicted molar refractivity (Wildman–Crippen MR) is 124 cm³/mol. The van der Waals surface area contributed by atoms with E-state index < -0.39 is 0 Å². The summed E-state index contributed by atoms with van der Waals surface area (Å²) in [6.45, 7) is 3.12. The van der Waals surface area contributed by atoms with E-state index in [1.165, 1.54) is 12.8 Å². The van der Waals surface area contributed by atoms with Crippen molar-refractivity contribution in [1.82, 2.24) is 24.5 Å². The van der Waals surface area contributed by atoms with Crippen LogP contribution < -0.4 is 16.4 Å². The molecule has 0 spiro atoms. The Hall–Kier alpha value is -3.46. The van der Waals surface area contributed by atoms with E-state index in [4.69, 9.17) is 15.1 Å². The van der Waals surface area contributed by atoms with Gasteiger partial charge >= 0.3 is 0 Å².